The van der Waals surface area contributed by atoms with E-state index in [1.165, 1.54) is 10.9 Å². The van der Waals surface area contributed by atoms with Crippen LogP contribution in [0.25, 0.3) is 21.9 Å². The number of benzene rings is 1. The molecule has 6 nitrogen and oxygen atoms in total. The Labute approximate surface area is 203 Å². The molecule has 0 aliphatic carbocycles. The van der Waals surface area contributed by atoms with Gasteiger partial charge in [-0.25, -0.2) is 4.98 Å². The topological polar surface area (TPSA) is 81.2 Å². The molecule has 0 unspecified atom stereocenters. The van der Waals surface area contributed by atoms with Gasteiger partial charge in [0.25, 0.3) is 5.91 Å². The zero-order valence-corrected chi connectivity index (χ0v) is 21.9. The Kier molecular flexibility index (Phi) is 10.7. The summed E-state index contributed by atoms with van der Waals surface area (Å²) in [6, 6.07) is 4.22. The number of H-pyrrole nitrogens is 1. The number of likely N-dealkylation sites (N-methyl/N-ethyl adjacent to an activating group) is 1. The van der Waals surface area contributed by atoms with Crippen LogP contribution in [-0.2, 0) is 0 Å². The predicted octanol–water partition coefficient (Wildman–Crippen LogP) is 4.83. The summed E-state index contributed by atoms with van der Waals surface area (Å²) < 4.78 is 0. The highest BCUT2D eigenvalue weighted by Crippen LogP contribution is 2.35. The fourth-order valence-corrected chi connectivity index (χ4v) is 4.09. The molecule has 182 valence electrons. The molecule has 2 aromatic heterocycles. The predicted molar refractivity (Wildman–Crippen MR) is 143 cm³/mol. The number of carbonyl (C=O) groups is 1. The molecular formula is C26H40N4O2S. The first kappa shape index (κ1) is 27.2. The highest BCUT2D eigenvalue weighted by molar-refractivity contribution is 7.80. The number of fused-ring (bicyclic) bond motifs is 3. The number of nitrogens with one attached hydrogen (secondary N) is 2. The standard InChI is InChI=1S/C24H34N4O2.C2H6S/c1-6-28(10-11-29)9-7-8-25-24(30)19-13-18(15(2)3)21-20-12-16(4)14-26-23(20)27-22(21)17(19)5;1-2-3/h12-15,29H,6-11H2,1-5H3,(H,25,30)(H,26,27);3H,2H2,1H3. The molecule has 0 bridgehead atoms. The quantitative estimate of drug-likeness (QED) is 0.266. The largest absolute Gasteiger partial charge is 0.395 e. The van der Waals surface area contributed by atoms with E-state index in [2.05, 4.69) is 72.6 Å². The number of aryl methyl sites for hydroxylation is 2. The van der Waals surface area contributed by atoms with Crippen LogP contribution >= 0.6 is 12.6 Å². The molecule has 3 rings (SSSR count). The summed E-state index contributed by atoms with van der Waals surface area (Å²) in [7, 11) is 0. The lowest BCUT2D eigenvalue weighted by Gasteiger charge is -2.19. The first-order valence-electron chi connectivity index (χ1n) is 11.9. The Bertz CT molecular complexity index is 1060. The first-order valence-corrected chi connectivity index (χ1v) is 12.6. The monoisotopic (exact) mass is 472 g/mol. The maximum atomic E-state index is 13.0. The van der Waals surface area contributed by atoms with Crippen LogP contribution in [0.4, 0.5) is 0 Å². The van der Waals surface area contributed by atoms with E-state index in [1.807, 2.05) is 20.0 Å². The fraction of sp³-hybridized carbons (Fsp3) is 0.538. The molecule has 7 heteroatoms. The normalized spacial score (nSPS) is 11.3. The summed E-state index contributed by atoms with van der Waals surface area (Å²) in [5.41, 5.74) is 5.83. The Morgan fingerprint density at radius 3 is 2.55 bits per heavy atom. The van der Waals surface area contributed by atoms with Crippen molar-refractivity contribution < 1.29 is 9.90 Å². The molecule has 1 amide bonds. The maximum Gasteiger partial charge on any atom is 0.251 e. The molecule has 0 fully saturated rings. The molecule has 1 aromatic carbocycles. The minimum absolute atomic E-state index is 0.0377. The number of hydrogen-bond acceptors (Lipinski definition) is 5. The Hall–Kier alpha value is -2.09. The van der Waals surface area contributed by atoms with Gasteiger partial charge in [-0.15, -0.1) is 0 Å². The van der Waals surface area contributed by atoms with Crippen LogP contribution in [0.5, 0.6) is 0 Å². The van der Waals surface area contributed by atoms with E-state index in [4.69, 9.17) is 5.11 Å². The van der Waals surface area contributed by atoms with Crippen LogP contribution in [-0.4, -0.2) is 64.4 Å². The number of aliphatic hydroxyl groups is 1. The second-order valence-corrected chi connectivity index (χ2v) is 9.29. The number of rotatable bonds is 9. The summed E-state index contributed by atoms with van der Waals surface area (Å²) in [6.45, 7) is 15.7. The van der Waals surface area contributed by atoms with Crippen molar-refractivity contribution >= 4 is 40.5 Å². The van der Waals surface area contributed by atoms with E-state index < -0.39 is 0 Å². The van der Waals surface area contributed by atoms with Gasteiger partial charge in [-0.2, -0.15) is 12.6 Å². The third-order valence-corrected chi connectivity index (χ3v) is 5.82. The summed E-state index contributed by atoms with van der Waals surface area (Å²) >= 11 is 3.79. The van der Waals surface area contributed by atoms with Gasteiger partial charge in [0, 0.05) is 35.6 Å². The van der Waals surface area contributed by atoms with Gasteiger partial charge < -0.3 is 20.3 Å². The fourth-order valence-electron chi connectivity index (χ4n) is 4.09. The molecule has 0 spiro atoms. The van der Waals surface area contributed by atoms with Crippen LogP contribution in [0.2, 0.25) is 0 Å². The van der Waals surface area contributed by atoms with Crippen molar-refractivity contribution in [1.29, 1.82) is 0 Å². The molecule has 33 heavy (non-hydrogen) atoms. The molecule has 0 aliphatic heterocycles. The van der Waals surface area contributed by atoms with Crippen molar-refractivity contribution in [1.82, 2.24) is 20.2 Å². The van der Waals surface area contributed by atoms with E-state index >= 15 is 0 Å². The number of carbonyl (C=O) groups excluding carboxylic acids is 1. The molecule has 3 aromatic rings. The Balaban J connectivity index is 0.00000122. The average molecular weight is 473 g/mol. The lowest BCUT2D eigenvalue weighted by Crippen LogP contribution is -2.31. The number of aromatic nitrogens is 2. The summed E-state index contributed by atoms with van der Waals surface area (Å²) in [4.78, 5) is 23.2. The third kappa shape index (κ3) is 6.71. The van der Waals surface area contributed by atoms with Gasteiger partial charge in [-0.3, -0.25) is 4.79 Å². The molecular weight excluding hydrogens is 432 g/mol. The van der Waals surface area contributed by atoms with Crippen molar-refractivity contribution in [2.75, 3.05) is 38.5 Å². The lowest BCUT2D eigenvalue weighted by atomic mass is 9.92. The minimum atomic E-state index is -0.0377. The summed E-state index contributed by atoms with van der Waals surface area (Å²) in [5, 5.41) is 14.5. The van der Waals surface area contributed by atoms with Gasteiger partial charge in [-0.1, -0.05) is 27.7 Å². The van der Waals surface area contributed by atoms with E-state index in [0.29, 0.717) is 13.1 Å². The van der Waals surface area contributed by atoms with Gasteiger partial charge in [0.2, 0.25) is 0 Å². The number of aliphatic hydroxyl groups excluding tert-OH is 1. The first-order chi connectivity index (χ1) is 15.8. The van der Waals surface area contributed by atoms with E-state index in [9.17, 15) is 4.79 Å². The van der Waals surface area contributed by atoms with E-state index in [-0.39, 0.29) is 18.4 Å². The van der Waals surface area contributed by atoms with E-state index in [1.54, 1.807) is 0 Å². The van der Waals surface area contributed by atoms with Crippen LogP contribution in [0.3, 0.4) is 0 Å². The number of amides is 1. The lowest BCUT2D eigenvalue weighted by molar-refractivity contribution is 0.0950. The van der Waals surface area contributed by atoms with Crippen molar-refractivity contribution in [3.63, 3.8) is 0 Å². The molecule has 0 saturated carbocycles. The van der Waals surface area contributed by atoms with Crippen molar-refractivity contribution in [3.8, 4) is 0 Å². The number of aromatic amines is 1. The zero-order chi connectivity index (χ0) is 24.5. The Morgan fingerprint density at radius 2 is 1.94 bits per heavy atom. The molecule has 0 atom stereocenters. The van der Waals surface area contributed by atoms with Gasteiger partial charge in [0.15, 0.2) is 0 Å². The second-order valence-electron chi connectivity index (χ2n) is 8.66. The Morgan fingerprint density at radius 1 is 1.24 bits per heavy atom. The van der Waals surface area contributed by atoms with Crippen molar-refractivity contribution in [3.05, 3.63) is 40.6 Å². The highest BCUT2D eigenvalue weighted by Gasteiger charge is 2.20. The van der Waals surface area contributed by atoms with Crippen LogP contribution in [0, 0.1) is 13.8 Å². The van der Waals surface area contributed by atoms with Gasteiger partial charge in [0.1, 0.15) is 5.65 Å². The molecule has 2 heterocycles. The minimum Gasteiger partial charge on any atom is -0.395 e. The highest BCUT2D eigenvalue weighted by atomic mass is 32.1. The third-order valence-electron chi connectivity index (χ3n) is 5.82. The molecule has 0 aliphatic rings. The maximum absolute atomic E-state index is 13.0. The van der Waals surface area contributed by atoms with E-state index in [0.717, 1.165) is 58.5 Å². The number of nitrogens with zero attached hydrogens (tertiary/aromatic N) is 2. The SMILES string of the molecule is CCN(CCO)CCCNC(=O)c1cc(C(C)C)c2c([nH]c3ncc(C)cc32)c1C.CCS. The van der Waals surface area contributed by atoms with Crippen molar-refractivity contribution in [2.24, 2.45) is 0 Å². The smallest absolute Gasteiger partial charge is 0.251 e. The average Bonchev–Trinajstić information content (AvgIpc) is 3.15. The van der Waals surface area contributed by atoms with Gasteiger partial charge in [-0.05, 0) is 73.9 Å². The van der Waals surface area contributed by atoms with Gasteiger partial charge >= 0.3 is 0 Å². The molecule has 0 saturated heterocycles. The van der Waals surface area contributed by atoms with Crippen molar-refractivity contribution in [2.45, 2.75) is 53.9 Å². The van der Waals surface area contributed by atoms with Gasteiger partial charge in [0.05, 0.1) is 12.1 Å². The molecule has 3 N–H and O–H groups in total. The van der Waals surface area contributed by atoms with Crippen LogP contribution in [0.1, 0.15) is 67.1 Å². The van der Waals surface area contributed by atoms with Crippen LogP contribution < -0.4 is 5.32 Å². The number of thiol groups is 1. The number of pyridine rings is 1. The molecule has 0 radical (unpaired) electrons. The van der Waals surface area contributed by atoms with Crippen LogP contribution in [0.15, 0.2) is 18.3 Å². The number of hydrogen-bond donors (Lipinski definition) is 4. The summed E-state index contributed by atoms with van der Waals surface area (Å²) in [5.74, 6) is 1.19. The zero-order valence-electron chi connectivity index (χ0n) is 21.0. The summed E-state index contributed by atoms with van der Waals surface area (Å²) in [6.07, 6.45) is 2.72. The second kappa shape index (κ2) is 13.0.